The highest BCUT2D eigenvalue weighted by molar-refractivity contribution is 5.95. The first-order valence-corrected chi connectivity index (χ1v) is 5.83. The van der Waals surface area contributed by atoms with Gasteiger partial charge >= 0.3 is 6.30 Å². The minimum absolute atomic E-state index is 0.0753. The van der Waals surface area contributed by atoms with Crippen LogP contribution in [0.25, 0.3) is 0 Å². The van der Waals surface area contributed by atoms with Crippen molar-refractivity contribution >= 4 is 5.91 Å². The Hall–Kier alpha value is -2.37. The Morgan fingerprint density at radius 1 is 1.10 bits per heavy atom. The number of alkyl halides is 3. The van der Waals surface area contributed by atoms with E-state index < -0.39 is 12.2 Å². The van der Waals surface area contributed by atoms with Crippen LogP contribution in [0.3, 0.4) is 0 Å². The lowest BCUT2D eigenvalue weighted by Crippen LogP contribution is -2.37. The molecule has 0 atom stereocenters. The minimum Gasteiger partial charge on any atom is -0.269 e. The van der Waals surface area contributed by atoms with Crippen molar-refractivity contribution < 1.29 is 18.0 Å². The average molecular weight is 280 g/mol. The molecule has 0 radical (unpaired) electrons. The van der Waals surface area contributed by atoms with Crippen molar-refractivity contribution in [1.82, 2.24) is 10.3 Å². The third kappa shape index (κ3) is 3.81. The molecule has 0 unspecified atom stereocenters. The molecule has 20 heavy (non-hydrogen) atoms. The summed E-state index contributed by atoms with van der Waals surface area (Å²) in [5, 5.41) is 0.983. The van der Waals surface area contributed by atoms with E-state index in [0.29, 0.717) is 12.1 Å². The van der Waals surface area contributed by atoms with Crippen LogP contribution in [0, 0.1) is 0 Å². The largest absolute Gasteiger partial charge is 0.484 e. The molecule has 1 amide bonds. The summed E-state index contributed by atoms with van der Waals surface area (Å²) in [6.07, 6.45) is -3.01. The first-order valence-electron chi connectivity index (χ1n) is 5.83. The van der Waals surface area contributed by atoms with Crippen LogP contribution in [0.1, 0.15) is 21.6 Å². The molecule has 2 rings (SSSR count). The molecule has 3 nitrogen and oxygen atoms in total. The number of halogens is 3. The van der Waals surface area contributed by atoms with Crippen LogP contribution in [0.5, 0.6) is 0 Å². The van der Waals surface area contributed by atoms with Crippen LogP contribution < -0.4 is 5.32 Å². The summed E-state index contributed by atoms with van der Waals surface area (Å²) >= 11 is 0. The number of hydrogen-bond donors (Lipinski definition) is 1. The van der Waals surface area contributed by atoms with Gasteiger partial charge in [0.25, 0.3) is 5.91 Å². The van der Waals surface area contributed by atoms with E-state index in [1.54, 1.807) is 0 Å². The van der Waals surface area contributed by atoms with E-state index in [2.05, 4.69) is 4.98 Å². The van der Waals surface area contributed by atoms with Gasteiger partial charge in [-0.1, -0.05) is 30.3 Å². The average Bonchev–Trinajstić information content (AvgIpc) is 2.38. The highest BCUT2D eigenvalue weighted by atomic mass is 19.4. The Kier molecular flexibility index (Phi) is 4.02. The Morgan fingerprint density at radius 2 is 1.80 bits per heavy atom. The Balaban J connectivity index is 2.25. The van der Waals surface area contributed by atoms with Crippen LogP contribution in [0.2, 0.25) is 0 Å². The van der Waals surface area contributed by atoms with Gasteiger partial charge in [0.1, 0.15) is 0 Å². The van der Waals surface area contributed by atoms with E-state index in [-0.39, 0.29) is 5.56 Å². The standard InChI is InChI=1S/C14H11F3N2O/c15-14(16,17)19-13(20)11-7-4-8-18-12(11)9-10-5-2-1-3-6-10/h1-8H,9H2,(H,19,20). The molecular weight excluding hydrogens is 269 g/mol. The predicted molar refractivity (Wildman–Crippen MR) is 67.0 cm³/mol. The number of benzene rings is 1. The van der Waals surface area contributed by atoms with E-state index in [1.165, 1.54) is 18.3 Å². The van der Waals surface area contributed by atoms with Gasteiger partial charge in [-0.25, -0.2) is 0 Å². The quantitative estimate of drug-likeness (QED) is 0.878. The van der Waals surface area contributed by atoms with Crippen molar-refractivity contribution in [2.45, 2.75) is 12.7 Å². The molecule has 0 saturated carbocycles. The Labute approximate surface area is 113 Å². The molecule has 1 aromatic carbocycles. The lowest BCUT2D eigenvalue weighted by atomic mass is 10.0. The molecule has 6 heteroatoms. The number of rotatable bonds is 3. The molecule has 104 valence electrons. The summed E-state index contributed by atoms with van der Waals surface area (Å²) in [6, 6.07) is 11.9. The monoisotopic (exact) mass is 280 g/mol. The smallest absolute Gasteiger partial charge is 0.269 e. The van der Waals surface area contributed by atoms with Gasteiger partial charge in [0.2, 0.25) is 0 Å². The summed E-state index contributed by atoms with van der Waals surface area (Å²) in [6.45, 7) is 0. The zero-order valence-corrected chi connectivity index (χ0v) is 10.3. The van der Waals surface area contributed by atoms with Gasteiger partial charge in [-0.15, -0.1) is 0 Å². The number of pyridine rings is 1. The molecule has 0 bridgehead atoms. The number of hydrogen-bond acceptors (Lipinski definition) is 2. The second-order valence-electron chi connectivity index (χ2n) is 4.11. The zero-order valence-electron chi connectivity index (χ0n) is 10.3. The summed E-state index contributed by atoms with van der Waals surface area (Å²) in [5.74, 6) is -1.20. The molecular formula is C14H11F3N2O. The first-order chi connectivity index (χ1) is 9.46. The second kappa shape index (κ2) is 5.73. The third-order valence-corrected chi connectivity index (χ3v) is 2.60. The highest BCUT2D eigenvalue weighted by Gasteiger charge is 2.31. The second-order valence-corrected chi connectivity index (χ2v) is 4.11. The predicted octanol–water partition coefficient (Wildman–Crippen LogP) is 2.92. The van der Waals surface area contributed by atoms with Gasteiger partial charge in [-0.2, -0.15) is 13.2 Å². The van der Waals surface area contributed by atoms with Crippen LogP contribution >= 0.6 is 0 Å². The normalized spacial score (nSPS) is 11.2. The van der Waals surface area contributed by atoms with Crippen molar-refractivity contribution in [3.8, 4) is 0 Å². The maximum absolute atomic E-state index is 12.2. The number of carbonyl (C=O) groups excluding carboxylic acids is 1. The Bertz CT molecular complexity index is 597. The number of amides is 1. The lowest BCUT2D eigenvalue weighted by Gasteiger charge is -2.11. The van der Waals surface area contributed by atoms with Gasteiger partial charge in [0.15, 0.2) is 0 Å². The van der Waals surface area contributed by atoms with Crippen molar-refractivity contribution in [1.29, 1.82) is 0 Å². The van der Waals surface area contributed by atoms with E-state index in [1.807, 2.05) is 30.3 Å². The van der Waals surface area contributed by atoms with Crippen molar-refractivity contribution in [3.63, 3.8) is 0 Å². The van der Waals surface area contributed by atoms with Crippen LogP contribution in [0.15, 0.2) is 48.7 Å². The van der Waals surface area contributed by atoms with Crippen molar-refractivity contribution in [3.05, 3.63) is 65.5 Å². The van der Waals surface area contributed by atoms with Crippen molar-refractivity contribution in [2.75, 3.05) is 0 Å². The lowest BCUT2D eigenvalue weighted by molar-refractivity contribution is -0.146. The van der Waals surface area contributed by atoms with E-state index in [9.17, 15) is 18.0 Å². The molecule has 0 aliphatic rings. The summed E-state index contributed by atoms with van der Waals surface area (Å²) in [4.78, 5) is 15.6. The van der Waals surface area contributed by atoms with Crippen LogP contribution in [-0.2, 0) is 6.42 Å². The fourth-order valence-electron chi connectivity index (χ4n) is 1.77. The Morgan fingerprint density at radius 3 is 2.45 bits per heavy atom. The maximum Gasteiger partial charge on any atom is 0.484 e. The van der Waals surface area contributed by atoms with Crippen molar-refractivity contribution in [2.24, 2.45) is 0 Å². The molecule has 1 N–H and O–H groups in total. The number of aromatic nitrogens is 1. The third-order valence-electron chi connectivity index (χ3n) is 2.60. The number of nitrogens with one attached hydrogen (secondary N) is 1. The zero-order chi connectivity index (χ0) is 14.6. The summed E-state index contributed by atoms with van der Waals surface area (Å²) in [5.41, 5.74) is 1.10. The topological polar surface area (TPSA) is 42.0 Å². The van der Waals surface area contributed by atoms with E-state index in [4.69, 9.17) is 0 Å². The number of carbonyl (C=O) groups is 1. The van der Waals surface area contributed by atoms with Gasteiger partial charge < -0.3 is 0 Å². The molecule has 0 spiro atoms. The summed E-state index contributed by atoms with van der Waals surface area (Å²) in [7, 11) is 0. The minimum atomic E-state index is -4.75. The molecule has 1 aromatic heterocycles. The molecule has 0 aliphatic heterocycles. The number of nitrogens with zero attached hydrogens (tertiary/aromatic N) is 1. The fraction of sp³-hybridized carbons (Fsp3) is 0.143. The molecule has 0 aliphatic carbocycles. The van der Waals surface area contributed by atoms with Gasteiger partial charge in [0.05, 0.1) is 11.3 Å². The maximum atomic E-state index is 12.2. The van der Waals surface area contributed by atoms with Gasteiger partial charge in [-0.05, 0) is 17.7 Å². The summed E-state index contributed by atoms with van der Waals surface area (Å²) < 4.78 is 36.6. The fourth-order valence-corrected chi connectivity index (χ4v) is 1.77. The molecule has 0 saturated heterocycles. The van der Waals surface area contributed by atoms with Gasteiger partial charge in [0, 0.05) is 12.6 Å². The van der Waals surface area contributed by atoms with E-state index in [0.717, 1.165) is 10.9 Å². The SMILES string of the molecule is O=C(NC(F)(F)F)c1cccnc1Cc1ccccc1. The molecule has 0 fully saturated rings. The van der Waals surface area contributed by atoms with Crippen LogP contribution in [0.4, 0.5) is 13.2 Å². The molecule has 1 heterocycles. The molecule has 2 aromatic rings. The highest BCUT2D eigenvalue weighted by Crippen LogP contribution is 2.15. The van der Waals surface area contributed by atoms with Crippen LogP contribution in [-0.4, -0.2) is 17.2 Å². The van der Waals surface area contributed by atoms with Gasteiger partial charge in [-0.3, -0.25) is 15.1 Å². The van der Waals surface area contributed by atoms with E-state index >= 15 is 0 Å². The first kappa shape index (κ1) is 14.0.